The van der Waals surface area contributed by atoms with Gasteiger partial charge in [0.05, 0.1) is 5.56 Å². The molecule has 152 valence electrons. The molecule has 0 aliphatic carbocycles. The zero-order valence-electron chi connectivity index (χ0n) is 17.0. The maximum absolute atomic E-state index is 12.9. The highest BCUT2D eigenvalue weighted by Gasteiger charge is 2.26. The summed E-state index contributed by atoms with van der Waals surface area (Å²) in [6, 6.07) is 14.0. The second kappa shape index (κ2) is 9.50. The van der Waals surface area contributed by atoms with Crippen LogP contribution in [0, 0.1) is 6.92 Å². The van der Waals surface area contributed by atoms with E-state index in [1.807, 2.05) is 24.0 Å². The first kappa shape index (κ1) is 20.8. The Hall–Kier alpha value is -2.95. The van der Waals surface area contributed by atoms with E-state index in [4.69, 9.17) is 4.74 Å². The summed E-state index contributed by atoms with van der Waals surface area (Å²) in [4.78, 5) is 39.9. The van der Waals surface area contributed by atoms with Crippen LogP contribution in [0.1, 0.15) is 64.4 Å². The summed E-state index contributed by atoms with van der Waals surface area (Å²) < 4.78 is 5.30. The summed E-state index contributed by atoms with van der Waals surface area (Å²) in [7, 11) is 0. The number of carbonyl (C=O) groups is 3. The minimum absolute atomic E-state index is 0.174. The lowest BCUT2D eigenvalue weighted by Gasteiger charge is -2.35. The number of carbonyl (C=O) groups excluding carboxylic acids is 3. The first-order valence-corrected chi connectivity index (χ1v) is 10.2. The zero-order chi connectivity index (χ0) is 20.8. The van der Waals surface area contributed by atoms with E-state index in [1.54, 1.807) is 36.4 Å². The van der Waals surface area contributed by atoms with Crippen molar-refractivity contribution < 1.29 is 19.1 Å². The molecule has 1 heterocycles. The van der Waals surface area contributed by atoms with Gasteiger partial charge < -0.3 is 9.64 Å². The Morgan fingerprint density at radius 2 is 1.69 bits per heavy atom. The second-order valence-electron chi connectivity index (χ2n) is 7.46. The lowest BCUT2D eigenvalue weighted by Crippen LogP contribution is -2.45. The maximum Gasteiger partial charge on any atom is 0.339 e. The Bertz CT molecular complexity index is 888. The number of esters is 1. The van der Waals surface area contributed by atoms with E-state index in [9.17, 15) is 14.4 Å². The standard InChI is InChI=1S/C24H27NO4/c1-3-19-8-6-7-15-25(19)22(26)16-29-24(28)21-10-5-4-9-20(21)23(27)18-13-11-17(2)12-14-18/h4-5,9-14,19H,3,6-8,15-16H2,1-2H3. The summed E-state index contributed by atoms with van der Waals surface area (Å²) >= 11 is 0. The first-order chi connectivity index (χ1) is 14.0. The van der Waals surface area contributed by atoms with Crippen LogP contribution in [0.15, 0.2) is 48.5 Å². The zero-order valence-corrected chi connectivity index (χ0v) is 17.0. The number of likely N-dealkylation sites (tertiary alicyclic amines) is 1. The lowest BCUT2D eigenvalue weighted by atomic mass is 9.98. The summed E-state index contributed by atoms with van der Waals surface area (Å²) in [5.74, 6) is -1.07. The number of amides is 1. The van der Waals surface area contributed by atoms with E-state index in [2.05, 4.69) is 6.92 Å². The predicted octanol–water partition coefficient (Wildman–Crippen LogP) is 4.17. The highest BCUT2D eigenvalue weighted by Crippen LogP contribution is 2.20. The normalized spacial score (nSPS) is 16.3. The fourth-order valence-electron chi connectivity index (χ4n) is 3.76. The number of nitrogens with zero attached hydrogens (tertiary/aromatic N) is 1. The van der Waals surface area contributed by atoms with Crippen LogP contribution in [0.25, 0.3) is 0 Å². The summed E-state index contributed by atoms with van der Waals surface area (Å²) in [6.07, 6.45) is 3.98. The molecule has 5 nitrogen and oxygen atoms in total. The number of piperidine rings is 1. The third-order valence-corrected chi connectivity index (χ3v) is 5.45. The molecule has 0 radical (unpaired) electrons. The highest BCUT2D eigenvalue weighted by atomic mass is 16.5. The van der Waals surface area contributed by atoms with Crippen LogP contribution in [0.3, 0.4) is 0 Å². The van der Waals surface area contributed by atoms with Crippen LogP contribution in [0.5, 0.6) is 0 Å². The molecule has 0 spiro atoms. The van der Waals surface area contributed by atoms with Crippen LogP contribution < -0.4 is 0 Å². The van der Waals surface area contributed by atoms with Gasteiger partial charge in [0.2, 0.25) is 0 Å². The Balaban J connectivity index is 1.70. The Kier molecular flexibility index (Phi) is 6.81. The number of benzene rings is 2. The van der Waals surface area contributed by atoms with Crippen molar-refractivity contribution >= 4 is 17.7 Å². The SMILES string of the molecule is CCC1CCCCN1C(=O)COC(=O)c1ccccc1C(=O)c1ccc(C)cc1. The molecular formula is C24H27NO4. The molecule has 1 aliphatic rings. The molecule has 2 aromatic carbocycles. The molecule has 0 aromatic heterocycles. The lowest BCUT2D eigenvalue weighted by molar-refractivity contribution is -0.138. The number of aryl methyl sites for hydroxylation is 1. The smallest absolute Gasteiger partial charge is 0.339 e. The average Bonchev–Trinajstić information content (AvgIpc) is 2.77. The van der Waals surface area contributed by atoms with E-state index < -0.39 is 5.97 Å². The Labute approximate surface area is 171 Å². The topological polar surface area (TPSA) is 63.7 Å². The molecule has 1 atom stereocenters. The van der Waals surface area contributed by atoms with E-state index in [1.165, 1.54) is 0 Å². The van der Waals surface area contributed by atoms with Crippen molar-refractivity contribution in [2.24, 2.45) is 0 Å². The number of rotatable bonds is 6. The minimum atomic E-state index is -0.653. The van der Waals surface area contributed by atoms with Crippen LogP contribution in [-0.4, -0.2) is 41.8 Å². The van der Waals surface area contributed by atoms with Crippen molar-refractivity contribution in [2.45, 2.75) is 45.6 Å². The molecule has 3 rings (SSSR count). The monoisotopic (exact) mass is 393 g/mol. The molecular weight excluding hydrogens is 366 g/mol. The van der Waals surface area contributed by atoms with Gasteiger partial charge in [0, 0.05) is 23.7 Å². The number of ether oxygens (including phenoxy) is 1. The van der Waals surface area contributed by atoms with E-state index in [0.717, 1.165) is 31.2 Å². The minimum Gasteiger partial charge on any atom is -0.452 e. The van der Waals surface area contributed by atoms with Crippen molar-refractivity contribution in [1.82, 2.24) is 4.90 Å². The van der Waals surface area contributed by atoms with Gasteiger partial charge in [0.15, 0.2) is 12.4 Å². The van der Waals surface area contributed by atoms with Gasteiger partial charge in [0.1, 0.15) is 0 Å². The molecule has 0 bridgehead atoms. The van der Waals surface area contributed by atoms with Gasteiger partial charge in [-0.05, 0) is 38.7 Å². The molecule has 0 saturated carbocycles. The molecule has 1 amide bonds. The summed E-state index contributed by atoms with van der Waals surface area (Å²) in [6.45, 7) is 4.41. The van der Waals surface area contributed by atoms with Gasteiger partial charge in [0.25, 0.3) is 5.91 Å². The molecule has 1 aliphatic heterocycles. The average molecular weight is 393 g/mol. The van der Waals surface area contributed by atoms with Crippen LogP contribution in [0.4, 0.5) is 0 Å². The van der Waals surface area contributed by atoms with Crippen LogP contribution >= 0.6 is 0 Å². The molecule has 1 unspecified atom stereocenters. The fourth-order valence-corrected chi connectivity index (χ4v) is 3.76. The first-order valence-electron chi connectivity index (χ1n) is 10.2. The van der Waals surface area contributed by atoms with Gasteiger partial charge in [-0.1, -0.05) is 55.0 Å². The van der Waals surface area contributed by atoms with Crippen LogP contribution in [0.2, 0.25) is 0 Å². The van der Waals surface area contributed by atoms with Gasteiger partial charge in [-0.25, -0.2) is 4.79 Å². The van der Waals surface area contributed by atoms with Gasteiger partial charge in [-0.3, -0.25) is 9.59 Å². The number of ketones is 1. The highest BCUT2D eigenvalue weighted by molar-refractivity contribution is 6.14. The Morgan fingerprint density at radius 3 is 2.38 bits per heavy atom. The van der Waals surface area contributed by atoms with Gasteiger partial charge >= 0.3 is 5.97 Å². The molecule has 29 heavy (non-hydrogen) atoms. The molecule has 1 fully saturated rings. The molecule has 1 saturated heterocycles. The van der Waals surface area contributed by atoms with E-state index in [-0.39, 0.29) is 35.5 Å². The quantitative estimate of drug-likeness (QED) is 0.546. The van der Waals surface area contributed by atoms with E-state index >= 15 is 0 Å². The second-order valence-corrected chi connectivity index (χ2v) is 7.46. The summed E-state index contributed by atoms with van der Waals surface area (Å²) in [5.41, 5.74) is 2.01. The van der Waals surface area contributed by atoms with Crippen molar-refractivity contribution in [3.05, 3.63) is 70.8 Å². The van der Waals surface area contributed by atoms with E-state index in [0.29, 0.717) is 12.1 Å². The van der Waals surface area contributed by atoms with Crippen molar-refractivity contribution in [3.63, 3.8) is 0 Å². The number of hydrogen-bond acceptors (Lipinski definition) is 4. The maximum atomic E-state index is 12.9. The van der Waals surface area contributed by atoms with Gasteiger partial charge in [-0.15, -0.1) is 0 Å². The third-order valence-electron chi connectivity index (χ3n) is 5.45. The fraction of sp³-hybridized carbons (Fsp3) is 0.375. The Morgan fingerprint density at radius 1 is 1.00 bits per heavy atom. The van der Waals surface area contributed by atoms with Crippen LogP contribution in [-0.2, 0) is 9.53 Å². The molecule has 0 N–H and O–H groups in total. The number of hydrogen-bond donors (Lipinski definition) is 0. The predicted molar refractivity (Wildman–Crippen MR) is 111 cm³/mol. The van der Waals surface area contributed by atoms with Gasteiger partial charge in [-0.2, -0.15) is 0 Å². The molecule has 2 aromatic rings. The van der Waals surface area contributed by atoms with Crippen molar-refractivity contribution in [3.8, 4) is 0 Å². The van der Waals surface area contributed by atoms with Crippen molar-refractivity contribution in [1.29, 1.82) is 0 Å². The summed E-state index contributed by atoms with van der Waals surface area (Å²) in [5, 5.41) is 0. The molecule has 5 heteroatoms. The van der Waals surface area contributed by atoms with Crippen molar-refractivity contribution in [2.75, 3.05) is 13.2 Å². The largest absolute Gasteiger partial charge is 0.452 e. The third kappa shape index (κ3) is 4.91.